The number of likely N-dealkylation sites (N-methyl/N-ethyl adjacent to an activating group) is 1. The Kier molecular flexibility index (Phi) is 5.92. The molecule has 2 fully saturated rings. The third-order valence-electron chi connectivity index (χ3n) is 7.81. The Morgan fingerprint density at radius 3 is 2.57 bits per heavy atom. The number of carbonyl (C=O) groups excluding carboxylic acids is 1. The van der Waals surface area contributed by atoms with Crippen molar-refractivity contribution in [2.45, 2.75) is 31.8 Å². The predicted octanol–water partition coefficient (Wildman–Crippen LogP) is 4.66. The number of hydrogen-bond donors (Lipinski definition) is 1. The minimum atomic E-state index is -0.556. The number of amides is 1. The maximum absolute atomic E-state index is 14.5. The summed E-state index contributed by atoms with van der Waals surface area (Å²) in [6, 6.07) is 11.9. The molecule has 8 nitrogen and oxygen atoms in total. The SMILES string of the molecule is Cc1cc(Nc2ncc3c(n2)N(C)CN(c2c(F)cccc2Cl)C3=O)ccc1N1CC2CCC(C1)N2C. The van der Waals surface area contributed by atoms with Crippen molar-refractivity contribution in [1.82, 2.24) is 14.9 Å². The van der Waals surface area contributed by atoms with Crippen LogP contribution in [-0.4, -0.2) is 66.7 Å². The molecule has 37 heavy (non-hydrogen) atoms. The summed E-state index contributed by atoms with van der Waals surface area (Å²) >= 11 is 6.22. The normalized spacial score (nSPS) is 21.4. The molecule has 192 valence electrons. The average Bonchev–Trinajstić information content (AvgIpc) is 3.06. The van der Waals surface area contributed by atoms with E-state index in [-0.39, 0.29) is 22.9 Å². The maximum Gasteiger partial charge on any atom is 0.265 e. The van der Waals surface area contributed by atoms with E-state index >= 15 is 0 Å². The summed E-state index contributed by atoms with van der Waals surface area (Å²) in [7, 11) is 4.04. The van der Waals surface area contributed by atoms with Gasteiger partial charge in [-0.3, -0.25) is 14.6 Å². The molecule has 0 radical (unpaired) electrons. The average molecular weight is 522 g/mol. The van der Waals surface area contributed by atoms with Crippen LogP contribution in [0.15, 0.2) is 42.6 Å². The number of anilines is 5. The van der Waals surface area contributed by atoms with Gasteiger partial charge < -0.3 is 15.1 Å². The van der Waals surface area contributed by atoms with Crippen molar-refractivity contribution in [2.24, 2.45) is 0 Å². The molecule has 0 saturated carbocycles. The second-order valence-corrected chi connectivity index (χ2v) is 10.6. The molecule has 6 rings (SSSR count). The second-order valence-electron chi connectivity index (χ2n) is 10.2. The number of para-hydroxylation sites is 1. The first-order chi connectivity index (χ1) is 17.8. The van der Waals surface area contributed by atoms with Gasteiger partial charge in [-0.15, -0.1) is 0 Å². The summed E-state index contributed by atoms with van der Waals surface area (Å²) in [5.74, 6) is -0.0824. The molecule has 3 aliphatic rings. The highest BCUT2D eigenvalue weighted by Gasteiger charge is 2.38. The lowest BCUT2D eigenvalue weighted by Crippen LogP contribution is -2.52. The van der Waals surface area contributed by atoms with Crippen molar-refractivity contribution < 1.29 is 9.18 Å². The molecule has 3 aromatic rings. The van der Waals surface area contributed by atoms with Crippen molar-refractivity contribution >= 4 is 46.3 Å². The van der Waals surface area contributed by atoms with Crippen molar-refractivity contribution in [3.05, 3.63) is 64.6 Å². The van der Waals surface area contributed by atoms with Crippen LogP contribution in [0.3, 0.4) is 0 Å². The fourth-order valence-electron chi connectivity index (χ4n) is 5.81. The highest BCUT2D eigenvalue weighted by atomic mass is 35.5. The lowest BCUT2D eigenvalue weighted by molar-refractivity contribution is 0.0981. The van der Waals surface area contributed by atoms with Crippen molar-refractivity contribution in [3.63, 3.8) is 0 Å². The number of nitrogens with one attached hydrogen (secondary N) is 1. The van der Waals surface area contributed by atoms with Crippen molar-refractivity contribution in [1.29, 1.82) is 0 Å². The van der Waals surface area contributed by atoms with E-state index < -0.39 is 11.7 Å². The number of piperazine rings is 1. The number of hydrogen-bond acceptors (Lipinski definition) is 7. The van der Waals surface area contributed by atoms with Gasteiger partial charge in [-0.1, -0.05) is 17.7 Å². The minimum Gasteiger partial charge on any atom is -0.368 e. The van der Waals surface area contributed by atoms with Gasteiger partial charge in [0.15, 0.2) is 0 Å². The van der Waals surface area contributed by atoms with Gasteiger partial charge in [0.05, 0.1) is 11.7 Å². The predicted molar refractivity (Wildman–Crippen MR) is 145 cm³/mol. The minimum absolute atomic E-state index is 0.0535. The molecule has 0 spiro atoms. The van der Waals surface area contributed by atoms with Crippen LogP contribution >= 0.6 is 11.6 Å². The van der Waals surface area contributed by atoms with E-state index in [1.165, 1.54) is 47.3 Å². The van der Waals surface area contributed by atoms with E-state index in [0.717, 1.165) is 18.8 Å². The van der Waals surface area contributed by atoms with Crippen LogP contribution in [0.25, 0.3) is 0 Å². The van der Waals surface area contributed by atoms with Crippen LogP contribution in [0.1, 0.15) is 28.8 Å². The Morgan fingerprint density at radius 2 is 1.86 bits per heavy atom. The molecule has 2 aromatic carbocycles. The Morgan fingerprint density at radius 1 is 1.11 bits per heavy atom. The number of aryl methyl sites for hydroxylation is 1. The fraction of sp³-hybridized carbons (Fsp3) is 0.370. The first kappa shape index (κ1) is 23.9. The lowest BCUT2D eigenvalue weighted by atomic mass is 10.1. The molecule has 3 aliphatic heterocycles. The zero-order valence-corrected chi connectivity index (χ0v) is 21.8. The van der Waals surface area contributed by atoms with E-state index in [2.05, 4.69) is 51.2 Å². The standard InChI is InChI=1S/C27H29ClFN7O/c1-16-11-17(7-10-23(16)35-13-18-8-9-19(14-35)34(18)3)31-27-30-12-20-25(32-27)33(2)15-36(26(20)37)24-21(28)5-4-6-22(24)29/h4-7,10-12,18-19H,8-9,13-15H2,1-3H3,(H,30,31,32). The number of halogens is 2. The van der Waals surface area contributed by atoms with Gasteiger partial charge in [-0.25, -0.2) is 9.37 Å². The molecule has 10 heteroatoms. The van der Waals surface area contributed by atoms with E-state index in [1.807, 2.05) is 6.07 Å². The Balaban J connectivity index is 1.22. The summed E-state index contributed by atoms with van der Waals surface area (Å²) in [5, 5.41) is 3.45. The maximum atomic E-state index is 14.5. The zero-order valence-electron chi connectivity index (χ0n) is 21.1. The number of benzene rings is 2. The van der Waals surface area contributed by atoms with Gasteiger partial charge >= 0.3 is 0 Å². The molecule has 2 unspecified atom stereocenters. The van der Waals surface area contributed by atoms with E-state index in [9.17, 15) is 9.18 Å². The number of carbonyl (C=O) groups is 1. The molecular formula is C27H29ClFN7O. The molecule has 1 amide bonds. The number of aromatic nitrogens is 2. The number of fused-ring (bicyclic) bond motifs is 3. The van der Waals surface area contributed by atoms with Crippen LogP contribution in [0.2, 0.25) is 5.02 Å². The summed E-state index contributed by atoms with van der Waals surface area (Å²) in [6.45, 7) is 4.36. The highest BCUT2D eigenvalue weighted by Crippen LogP contribution is 2.36. The molecule has 2 saturated heterocycles. The molecular weight excluding hydrogens is 493 g/mol. The van der Waals surface area contributed by atoms with Gasteiger partial charge in [-0.05, 0) is 62.7 Å². The Bertz CT molecular complexity index is 1350. The van der Waals surface area contributed by atoms with Gasteiger partial charge in [0.1, 0.15) is 22.9 Å². The van der Waals surface area contributed by atoms with Crippen molar-refractivity contribution in [2.75, 3.05) is 53.9 Å². The van der Waals surface area contributed by atoms with E-state index in [0.29, 0.717) is 23.8 Å². The first-order valence-corrected chi connectivity index (χ1v) is 12.9. The second kappa shape index (κ2) is 9.15. The smallest absolute Gasteiger partial charge is 0.265 e. The highest BCUT2D eigenvalue weighted by molar-refractivity contribution is 6.34. The summed E-state index contributed by atoms with van der Waals surface area (Å²) in [4.78, 5) is 30.3. The molecule has 1 aromatic heterocycles. The van der Waals surface area contributed by atoms with Crippen LogP contribution in [-0.2, 0) is 0 Å². The van der Waals surface area contributed by atoms with E-state index in [4.69, 9.17) is 11.6 Å². The Labute approximate surface area is 220 Å². The summed E-state index contributed by atoms with van der Waals surface area (Å²) < 4.78 is 14.5. The third-order valence-corrected chi connectivity index (χ3v) is 8.11. The molecule has 0 aliphatic carbocycles. The molecule has 4 heterocycles. The van der Waals surface area contributed by atoms with Gasteiger partial charge in [0.25, 0.3) is 5.91 Å². The first-order valence-electron chi connectivity index (χ1n) is 12.5. The third kappa shape index (κ3) is 4.16. The van der Waals surface area contributed by atoms with Crippen LogP contribution in [0.4, 0.5) is 33.2 Å². The van der Waals surface area contributed by atoms with Gasteiger partial charge in [0, 0.05) is 49.8 Å². The molecule has 1 N–H and O–H groups in total. The zero-order chi connectivity index (χ0) is 25.8. The monoisotopic (exact) mass is 521 g/mol. The molecule has 2 atom stereocenters. The summed E-state index contributed by atoms with van der Waals surface area (Å²) in [6.07, 6.45) is 4.02. The topological polar surface area (TPSA) is 67.8 Å². The van der Waals surface area contributed by atoms with Crippen LogP contribution in [0.5, 0.6) is 0 Å². The number of rotatable bonds is 4. The quantitative estimate of drug-likeness (QED) is 0.535. The van der Waals surface area contributed by atoms with Gasteiger partial charge in [-0.2, -0.15) is 4.98 Å². The fourth-order valence-corrected chi connectivity index (χ4v) is 6.08. The molecule has 2 bridgehead atoms. The van der Waals surface area contributed by atoms with Crippen LogP contribution in [0, 0.1) is 12.7 Å². The van der Waals surface area contributed by atoms with Crippen molar-refractivity contribution in [3.8, 4) is 0 Å². The number of nitrogens with zero attached hydrogens (tertiary/aromatic N) is 6. The Hall–Kier alpha value is -3.43. The van der Waals surface area contributed by atoms with Crippen LogP contribution < -0.4 is 20.0 Å². The lowest BCUT2D eigenvalue weighted by Gasteiger charge is -2.40. The van der Waals surface area contributed by atoms with Gasteiger partial charge in [0.2, 0.25) is 5.95 Å². The largest absolute Gasteiger partial charge is 0.368 e. The summed E-state index contributed by atoms with van der Waals surface area (Å²) in [5.41, 5.74) is 3.67. The van der Waals surface area contributed by atoms with E-state index in [1.54, 1.807) is 18.0 Å².